The summed E-state index contributed by atoms with van der Waals surface area (Å²) in [6.45, 7) is 0.840. The van der Waals surface area contributed by atoms with E-state index in [1.165, 1.54) is 7.05 Å². The van der Waals surface area contributed by atoms with Gasteiger partial charge in [-0.25, -0.2) is 0 Å². The second-order valence-corrected chi connectivity index (χ2v) is 5.15. The van der Waals surface area contributed by atoms with Crippen LogP contribution in [0.3, 0.4) is 0 Å². The molecule has 7 heteroatoms. The maximum absolute atomic E-state index is 11.7. The molecule has 1 aromatic rings. The first-order valence-corrected chi connectivity index (χ1v) is 6.95. The molecule has 0 heterocycles. The lowest BCUT2D eigenvalue weighted by molar-refractivity contribution is -0.885. The molecule has 0 aromatic heterocycles. The van der Waals surface area contributed by atoms with E-state index in [1.54, 1.807) is 19.2 Å². The molecule has 0 radical (unpaired) electrons. The van der Waals surface area contributed by atoms with Gasteiger partial charge in [-0.3, -0.25) is 9.59 Å². The van der Waals surface area contributed by atoms with Crippen LogP contribution in [0.25, 0.3) is 0 Å². The van der Waals surface area contributed by atoms with Gasteiger partial charge in [0.2, 0.25) is 5.91 Å². The highest BCUT2D eigenvalue weighted by Gasteiger charge is 2.14. The average molecular weight is 315 g/mol. The molecule has 116 valence electrons. The normalized spacial score (nSPS) is 11.6. The lowest BCUT2D eigenvalue weighted by Crippen LogP contribution is -3.08. The van der Waals surface area contributed by atoms with Gasteiger partial charge < -0.3 is 20.3 Å². The van der Waals surface area contributed by atoms with Crippen LogP contribution < -0.4 is 20.3 Å². The number of hydrogen-bond donors (Lipinski definition) is 3. The molecule has 1 atom stereocenters. The predicted molar refractivity (Wildman–Crippen MR) is 80.5 cm³/mol. The minimum absolute atomic E-state index is 0.0108. The zero-order chi connectivity index (χ0) is 15.8. The highest BCUT2D eigenvalue weighted by atomic mass is 35.5. The van der Waals surface area contributed by atoms with Crippen LogP contribution in [-0.2, 0) is 16.1 Å². The standard InChI is InChI=1S/C14H20ClN3O3/c1-16-13(19)7-17-14(20)9-18(2)8-10-6-11(15)4-5-12(10)21-3/h4-6H,7-9H2,1-3H3,(H,16,19)(H,17,20)/p+1. The number of rotatable bonds is 7. The Labute approximate surface area is 129 Å². The summed E-state index contributed by atoms with van der Waals surface area (Å²) in [6.07, 6.45) is 0. The van der Waals surface area contributed by atoms with Crippen molar-refractivity contribution in [1.29, 1.82) is 0 Å². The summed E-state index contributed by atoms with van der Waals surface area (Å²) in [5.74, 6) is 0.333. The summed E-state index contributed by atoms with van der Waals surface area (Å²) in [6, 6.07) is 5.39. The van der Waals surface area contributed by atoms with Gasteiger partial charge in [-0.1, -0.05) is 11.6 Å². The Morgan fingerprint density at radius 3 is 2.67 bits per heavy atom. The SMILES string of the molecule is CNC(=O)CNC(=O)C[NH+](C)Cc1cc(Cl)ccc1OC. The Kier molecular flexibility index (Phi) is 6.98. The van der Waals surface area contributed by atoms with Crippen molar-refractivity contribution in [1.82, 2.24) is 10.6 Å². The molecule has 0 aliphatic heterocycles. The van der Waals surface area contributed by atoms with Crippen molar-refractivity contribution in [2.75, 3.05) is 34.3 Å². The van der Waals surface area contributed by atoms with Gasteiger partial charge in [-0.05, 0) is 18.2 Å². The molecule has 3 N–H and O–H groups in total. The molecular formula is C14H21ClN3O3+. The molecule has 2 amide bonds. The molecule has 21 heavy (non-hydrogen) atoms. The summed E-state index contributed by atoms with van der Waals surface area (Å²) in [7, 11) is 5.01. The number of carbonyl (C=O) groups excluding carboxylic acids is 2. The highest BCUT2D eigenvalue weighted by molar-refractivity contribution is 6.30. The molecule has 0 saturated heterocycles. The Morgan fingerprint density at radius 2 is 2.05 bits per heavy atom. The fraction of sp³-hybridized carbons (Fsp3) is 0.429. The van der Waals surface area contributed by atoms with Gasteiger partial charge in [0, 0.05) is 17.6 Å². The lowest BCUT2D eigenvalue weighted by Gasteiger charge is -2.16. The number of amides is 2. The number of ether oxygens (including phenoxy) is 1. The van der Waals surface area contributed by atoms with E-state index in [-0.39, 0.29) is 24.9 Å². The maximum Gasteiger partial charge on any atom is 0.275 e. The predicted octanol–water partition coefficient (Wildman–Crippen LogP) is -0.774. The number of methoxy groups -OCH3 is 1. The number of hydrogen-bond acceptors (Lipinski definition) is 3. The van der Waals surface area contributed by atoms with Crippen molar-refractivity contribution in [2.45, 2.75) is 6.54 Å². The molecule has 0 saturated carbocycles. The maximum atomic E-state index is 11.7. The van der Waals surface area contributed by atoms with E-state index < -0.39 is 0 Å². The second kappa shape index (κ2) is 8.49. The number of nitrogens with one attached hydrogen (secondary N) is 3. The average Bonchev–Trinajstić information content (AvgIpc) is 2.44. The molecule has 0 aliphatic carbocycles. The zero-order valence-corrected chi connectivity index (χ0v) is 13.2. The van der Waals surface area contributed by atoms with Crippen LogP contribution in [0, 0.1) is 0 Å². The highest BCUT2D eigenvalue weighted by Crippen LogP contribution is 2.21. The monoisotopic (exact) mass is 314 g/mol. The molecule has 0 bridgehead atoms. The Bertz CT molecular complexity index is 508. The van der Waals surface area contributed by atoms with E-state index in [1.807, 2.05) is 13.1 Å². The minimum atomic E-state index is -0.225. The number of benzene rings is 1. The second-order valence-electron chi connectivity index (χ2n) is 4.72. The van der Waals surface area contributed by atoms with Gasteiger partial charge in [-0.15, -0.1) is 0 Å². The lowest BCUT2D eigenvalue weighted by atomic mass is 10.2. The van der Waals surface area contributed by atoms with Crippen molar-refractivity contribution < 1.29 is 19.2 Å². The first-order chi connectivity index (χ1) is 9.96. The Hall–Kier alpha value is -1.79. The summed E-state index contributed by atoms with van der Waals surface area (Å²) in [5.41, 5.74) is 0.932. The van der Waals surface area contributed by atoms with E-state index in [9.17, 15) is 9.59 Å². The van der Waals surface area contributed by atoms with Crippen molar-refractivity contribution in [3.05, 3.63) is 28.8 Å². The summed E-state index contributed by atoms with van der Waals surface area (Å²) in [5, 5.41) is 5.63. The minimum Gasteiger partial charge on any atom is -0.496 e. The molecule has 1 unspecified atom stereocenters. The van der Waals surface area contributed by atoms with E-state index in [2.05, 4.69) is 10.6 Å². The van der Waals surface area contributed by atoms with Crippen molar-refractivity contribution in [3.63, 3.8) is 0 Å². The third-order valence-electron chi connectivity index (χ3n) is 2.92. The number of likely N-dealkylation sites (N-methyl/N-ethyl adjacent to an activating group) is 2. The van der Waals surface area contributed by atoms with Crippen molar-refractivity contribution >= 4 is 23.4 Å². The summed E-state index contributed by atoms with van der Waals surface area (Å²) < 4.78 is 5.27. The smallest absolute Gasteiger partial charge is 0.275 e. The fourth-order valence-electron chi connectivity index (χ4n) is 1.88. The van der Waals surface area contributed by atoms with Crippen LogP contribution in [0.2, 0.25) is 5.02 Å². The first-order valence-electron chi connectivity index (χ1n) is 6.57. The van der Waals surface area contributed by atoms with E-state index in [4.69, 9.17) is 16.3 Å². The van der Waals surface area contributed by atoms with Gasteiger partial charge in [0.05, 0.1) is 20.7 Å². The van der Waals surface area contributed by atoms with Gasteiger partial charge in [0.25, 0.3) is 5.91 Å². The largest absolute Gasteiger partial charge is 0.496 e. The molecule has 0 aliphatic rings. The van der Waals surface area contributed by atoms with Crippen LogP contribution >= 0.6 is 11.6 Å². The van der Waals surface area contributed by atoms with Crippen molar-refractivity contribution in [3.8, 4) is 5.75 Å². The van der Waals surface area contributed by atoms with Gasteiger partial charge >= 0.3 is 0 Å². The first kappa shape index (κ1) is 17.3. The fourth-order valence-corrected chi connectivity index (χ4v) is 2.07. The van der Waals surface area contributed by atoms with Crippen LogP contribution in [0.5, 0.6) is 5.75 Å². The van der Waals surface area contributed by atoms with Gasteiger partial charge in [-0.2, -0.15) is 0 Å². The van der Waals surface area contributed by atoms with Crippen LogP contribution in [0.15, 0.2) is 18.2 Å². The van der Waals surface area contributed by atoms with E-state index >= 15 is 0 Å². The third-order valence-corrected chi connectivity index (χ3v) is 3.16. The van der Waals surface area contributed by atoms with Gasteiger partial charge in [0.1, 0.15) is 12.3 Å². The molecule has 1 rings (SSSR count). The van der Waals surface area contributed by atoms with Gasteiger partial charge in [0.15, 0.2) is 6.54 Å². The van der Waals surface area contributed by atoms with Crippen molar-refractivity contribution in [2.24, 2.45) is 0 Å². The van der Waals surface area contributed by atoms with E-state index in [0.29, 0.717) is 11.6 Å². The molecular weight excluding hydrogens is 294 g/mol. The summed E-state index contributed by atoms with van der Waals surface area (Å²) in [4.78, 5) is 23.7. The molecule has 0 spiro atoms. The quantitative estimate of drug-likeness (QED) is 0.619. The molecule has 6 nitrogen and oxygen atoms in total. The molecule has 0 fully saturated rings. The number of quaternary nitrogens is 1. The Morgan fingerprint density at radius 1 is 1.33 bits per heavy atom. The van der Waals surface area contributed by atoms with Crippen LogP contribution in [0.4, 0.5) is 0 Å². The number of halogens is 1. The van der Waals surface area contributed by atoms with Crippen LogP contribution in [0.1, 0.15) is 5.56 Å². The third kappa shape index (κ3) is 6.01. The molecule has 1 aromatic carbocycles. The Balaban J connectivity index is 2.53. The summed E-state index contributed by atoms with van der Waals surface area (Å²) >= 11 is 5.97. The topological polar surface area (TPSA) is 71.9 Å². The van der Waals surface area contributed by atoms with Crippen LogP contribution in [-0.4, -0.2) is 46.1 Å². The number of carbonyl (C=O) groups is 2. The van der Waals surface area contributed by atoms with E-state index in [0.717, 1.165) is 16.2 Å². The zero-order valence-electron chi connectivity index (χ0n) is 12.5.